The van der Waals surface area contributed by atoms with Crippen LogP contribution in [0.3, 0.4) is 0 Å². The van der Waals surface area contributed by atoms with Gasteiger partial charge in [-0.1, -0.05) is 32.9 Å². The van der Waals surface area contributed by atoms with Crippen molar-refractivity contribution in [3.8, 4) is 0 Å². The average molecular weight is 307 g/mol. The van der Waals surface area contributed by atoms with Crippen LogP contribution in [0, 0.1) is 11.8 Å². The predicted molar refractivity (Wildman–Crippen MR) is 80.3 cm³/mol. The highest BCUT2D eigenvalue weighted by Gasteiger charge is 2.25. The van der Waals surface area contributed by atoms with Crippen LogP contribution < -0.4 is 5.20 Å². The third-order valence-corrected chi connectivity index (χ3v) is 3.49. The Kier molecular flexibility index (Phi) is 8.69. The molecular weight excluding hydrogens is 281 g/mol. The smallest absolute Gasteiger partial charge is 0.411 e. The van der Waals surface area contributed by atoms with Crippen molar-refractivity contribution in [1.82, 2.24) is 5.20 Å². The summed E-state index contributed by atoms with van der Waals surface area (Å²) in [7, 11) is -3.51. The lowest BCUT2D eigenvalue weighted by Crippen LogP contribution is -2.17. The van der Waals surface area contributed by atoms with E-state index in [1.165, 1.54) is 0 Å². The summed E-state index contributed by atoms with van der Waals surface area (Å²) < 4.78 is 23.1. The lowest BCUT2D eigenvalue weighted by molar-refractivity contribution is 0.166. The zero-order valence-corrected chi connectivity index (χ0v) is 14.0. The molecule has 0 spiro atoms. The number of hydrazone groups is 1. The van der Waals surface area contributed by atoms with E-state index in [1.807, 2.05) is 27.7 Å². The van der Waals surface area contributed by atoms with Gasteiger partial charge in [0.15, 0.2) is 0 Å². The van der Waals surface area contributed by atoms with Gasteiger partial charge in [-0.2, -0.15) is 5.10 Å². The van der Waals surface area contributed by atoms with Crippen molar-refractivity contribution in [2.45, 2.75) is 41.5 Å². The lowest BCUT2D eigenvalue weighted by Gasteiger charge is -2.19. The minimum absolute atomic E-state index is 0.221. The average Bonchev–Trinajstić information content (AvgIpc) is 2.39. The summed E-state index contributed by atoms with van der Waals surface area (Å²) in [6.45, 7) is 11.6. The molecule has 0 heterocycles. The Morgan fingerprint density at radius 2 is 1.55 bits per heavy atom. The van der Waals surface area contributed by atoms with Gasteiger partial charge < -0.3 is 5.21 Å². The number of nitrogens with one attached hydrogen (secondary N) is 1. The second-order valence-electron chi connectivity index (χ2n) is 5.36. The number of hydrogen-bond donors (Lipinski definition) is 2. The molecule has 0 fully saturated rings. The molecule has 0 saturated carbocycles. The molecule has 0 rings (SSSR count). The Labute approximate surface area is 121 Å². The molecule has 0 aromatic heterocycles. The molecule has 0 unspecified atom stereocenters. The van der Waals surface area contributed by atoms with Crippen molar-refractivity contribution in [1.29, 1.82) is 0 Å². The van der Waals surface area contributed by atoms with Gasteiger partial charge in [-0.05, 0) is 25.7 Å². The second kappa shape index (κ2) is 9.10. The highest BCUT2D eigenvalue weighted by Crippen LogP contribution is 2.44. The first-order valence-corrected chi connectivity index (χ1v) is 8.14. The number of hydrogen-bond acceptors (Lipinski definition) is 6. The fraction of sp³-hybridized carbons (Fsp3) is 0.833. The van der Waals surface area contributed by atoms with E-state index in [0.717, 1.165) is 0 Å². The molecule has 0 aliphatic carbocycles. The summed E-state index contributed by atoms with van der Waals surface area (Å²) >= 11 is 0. The van der Waals surface area contributed by atoms with E-state index in [-0.39, 0.29) is 11.8 Å². The molecule has 0 aliphatic rings. The molecular formula is C12H26N3O4P. The largest absolute Gasteiger partial charge is 0.448 e. The van der Waals surface area contributed by atoms with E-state index in [2.05, 4.69) is 15.5 Å². The highest BCUT2D eigenvalue weighted by atomic mass is 31.2. The van der Waals surface area contributed by atoms with Crippen molar-refractivity contribution in [2.24, 2.45) is 22.1 Å². The van der Waals surface area contributed by atoms with Crippen molar-refractivity contribution < 1.29 is 18.8 Å². The second-order valence-corrected chi connectivity index (χ2v) is 7.07. The van der Waals surface area contributed by atoms with Gasteiger partial charge in [0.05, 0.1) is 24.6 Å². The zero-order chi connectivity index (χ0) is 15.8. The fourth-order valence-electron chi connectivity index (χ4n) is 0.879. The van der Waals surface area contributed by atoms with E-state index in [9.17, 15) is 4.57 Å². The Bertz CT molecular complexity index is 378. The van der Waals surface area contributed by atoms with Gasteiger partial charge in [-0.15, -0.1) is 0 Å². The molecule has 2 N–H and O–H groups in total. The normalized spacial score (nSPS) is 14.2. The van der Waals surface area contributed by atoms with Gasteiger partial charge >= 0.3 is 7.75 Å². The third kappa shape index (κ3) is 8.30. The third-order valence-electron chi connectivity index (χ3n) is 2.17. The molecule has 0 amide bonds. The molecule has 0 bridgehead atoms. The SMILES string of the molecule is CC(=N\O)/C(C)=N/NP(=O)(OCC(C)C)OCC(C)C. The van der Waals surface area contributed by atoms with Gasteiger partial charge in [0, 0.05) is 0 Å². The Morgan fingerprint density at radius 3 is 1.90 bits per heavy atom. The first kappa shape index (κ1) is 19.1. The Hall–Kier alpha value is -0.910. The van der Waals surface area contributed by atoms with Crippen molar-refractivity contribution >= 4 is 19.2 Å². The van der Waals surface area contributed by atoms with E-state index in [0.29, 0.717) is 24.6 Å². The lowest BCUT2D eigenvalue weighted by atomic mass is 10.2. The van der Waals surface area contributed by atoms with Gasteiger partial charge in [0.25, 0.3) is 0 Å². The van der Waals surface area contributed by atoms with Crippen LogP contribution in [0.5, 0.6) is 0 Å². The summed E-state index contributed by atoms with van der Waals surface area (Å²) in [6, 6.07) is 0. The molecule has 118 valence electrons. The van der Waals surface area contributed by atoms with Gasteiger partial charge in [-0.3, -0.25) is 9.05 Å². The summed E-state index contributed by atoms with van der Waals surface area (Å²) in [5.74, 6) is 0.442. The van der Waals surface area contributed by atoms with Crippen LogP contribution in [0.25, 0.3) is 0 Å². The molecule has 0 aromatic rings. The van der Waals surface area contributed by atoms with E-state index < -0.39 is 7.75 Å². The minimum atomic E-state index is -3.51. The van der Waals surface area contributed by atoms with E-state index in [1.54, 1.807) is 13.8 Å². The minimum Gasteiger partial charge on any atom is -0.411 e. The number of rotatable bonds is 9. The summed E-state index contributed by atoms with van der Waals surface area (Å²) in [4.78, 5) is 0. The fourth-order valence-corrected chi connectivity index (χ4v) is 2.33. The molecule has 0 aromatic carbocycles. The van der Waals surface area contributed by atoms with Crippen LogP contribution in [0.2, 0.25) is 0 Å². The quantitative estimate of drug-likeness (QED) is 0.295. The topological polar surface area (TPSA) is 92.5 Å². The van der Waals surface area contributed by atoms with Crippen LogP contribution >= 0.6 is 7.75 Å². The van der Waals surface area contributed by atoms with E-state index >= 15 is 0 Å². The maximum atomic E-state index is 12.5. The Morgan fingerprint density at radius 1 is 1.10 bits per heavy atom. The van der Waals surface area contributed by atoms with Crippen LogP contribution in [-0.2, 0) is 13.6 Å². The highest BCUT2D eigenvalue weighted by molar-refractivity contribution is 7.51. The van der Waals surface area contributed by atoms with E-state index in [4.69, 9.17) is 14.3 Å². The summed E-state index contributed by atoms with van der Waals surface area (Å²) in [6.07, 6.45) is 0. The standard InChI is InChI=1S/C12H26N3O4P/c1-9(2)7-18-20(17,19-8-10(3)4)15-13-11(5)12(6)14-16/h9-10,16H,7-8H2,1-6H3,(H,15,17)/b13-11+,14-12+. The van der Waals surface area contributed by atoms with Crippen LogP contribution in [-0.4, -0.2) is 29.8 Å². The van der Waals surface area contributed by atoms with Crippen LogP contribution in [0.4, 0.5) is 0 Å². The molecule has 0 saturated heterocycles. The van der Waals surface area contributed by atoms with Crippen LogP contribution in [0.15, 0.2) is 10.3 Å². The first-order valence-electron chi connectivity index (χ1n) is 6.60. The molecule has 7 nitrogen and oxygen atoms in total. The van der Waals surface area contributed by atoms with Gasteiger partial charge in [0.1, 0.15) is 0 Å². The molecule has 8 heteroatoms. The van der Waals surface area contributed by atoms with Crippen molar-refractivity contribution in [2.75, 3.05) is 13.2 Å². The molecule has 0 aliphatic heterocycles. The molecule has 20 heavy (non-hydrogen) atoms. The zero-order valence-electron chi connectivity index (χ0n) is 13.1. The van der Waals surface area contributed by atoms with Crippen molar-refractivity contribution in [3.05, 3.63) is 0 Å². The monoisotopic (exact) mass is 307 g/mol. The van der Waals surface area contributed by atoms with Crippen molar-refractivity contribution in [3.63, 3.8) is 0 Å². The predicted octanol–water partition coefficient (Wildman–Crippen LogP) is 3.26. The molecule has 0 atom stereocenters. The first-order chi connectivity index (χ1) is 9.20. The summed E-state index contributed by atoms with van der Waals surface area (Å²) in [5, 5.41) is 18.0. The van der Waals surface area contributed by atoms with Gasteiger partial charge in [0.2, 0.25) is 0 Å². The van der Waals surface area contributed by atoms with Gasteiger partial charge in [-0.25, -0.2) is 9.76 Å². The maximum Gasteiger partial charge on any atom is 0.448 e. The summed E-state index contributed by atoms with van der Waals surface area (Å²) in [5.41, 5.74) is 0.714. The molecule has 0 radical (unpaired) electrons. The number of nitrogens with zero attached hydrogens (tertiary/aromatic N) is 2. The Balaban J connectivity index is 4.80. The van der Waals surface area contributed by atoms with Crippen LogP contribution in [0.1, 0.15) is 41.5 Å². The number of oxime groups is 1. The maximum absolute atomic E-state index is 12.5.